The van der Waals surface area contributed by atoms with Crippen molar-refractivity contribution >= 4 is 23.4 Å². The average molecular weight is 233 g/mol. The molecule has 15 heavy (non-hydrogen) atoms. The van der Waals surface area contributed by atoms with Gasteiger partial charge in [0.15, 0.2) is 0 Å². The molecule has 6 nitrogen and oxygen atoms in total. The largest absolute Gasteiger partial charge is 0.395 e. The Morgan fingerprint density at radius 3 is 2.33 bits per heavy atom. The molecule has 1 heterocycles. The second-order valence-electron chi connectivity index (χ2n) is 2.84. The van der Waals surface area contributed by atoms with Crippen molar-refractivity contribution in [2.75, 3.05) is 36.9 Å². The summed E-state index contributed by atoms with van der Waals surface area (Å²) in [6.07, 6.45) is 0. The van der Waals surface area contributed by atoms with Crippen LogP contribution < -0.4 is 10.6 Å². The van der Waals surface area contributed by atoms with E-state index in [4.69, 9.17) is 27.5 Å². The van der Waals surface area contributed by atoms with Gasteiger partial charge >= 0.3 is 0 Å². The van der Waals surface area contributed by atoms with E-state index >= 15 is 0 Å². The maximum atomic E-state index is 8.83. The lowest BCUT2D eigenvalue weighted by Crippen LogP contribution is -2.30. The summed E-state index contributed by atoms with van der Waals surface area (Å²) >= 11 is 5.71. The second kappa shape index (κ2) is 5.69. The molecule has 0 radical (unpaired) electrons. The van der Waals surface area contributed by atoms with E-state index in [1.54, 1.807) is 4.90 Å². The van der Waals surface area contributed by atoms with Crippen LogP contribution in [0.5, 0.6) is 0 Å². The molecule has 7 heteroatoms. The fraction of sp³-hybridized carbons (Fsp3) is 0.500. The van der Waals surface area contributed by atoms with Crippen molar-refractivity contribution < 1.29 is 10.2 Å². The van der Waals surface area contributed by atoms with Gasteiger partial charge in [-0.3, -0.25) is 0 Å². The monoisotopic (exact) mass is 232 g/mol. The van der Waals surface area contributed by atoms with Crippen molar-refractivity contribution in [3.05, 3.63) is 11.2 Å². The van der Waals surface area contributed by atoms with Crippen molar-refractivity contribution in [2.24, 2.45) is 0 Å². The SMILES string of the molecule is Nc1nc(Cl)cc(N(CCO)CCO)n1. The Labute approximate surface area is 92.3 Å². The van der Waals surface area contributed by atoms with Gasteiger partial charge in [0.25, 0.3) is 0 Å². The Bertz CT molecular complexity index is 297. The Morgan fingerprint density at radius 2 is 1.87 bits per heavy atom. The lowest BCUT2D eigenvalue weighted by atomic mass is 10.4. The van der Waals surface area contributed by atoms with Crippen LogP contribution in [-0.4, -0.2) is 46.5 Å². The minimum Gasteiger partial charge on any atom is -0.395 e. The van der Waals surface area contributed by atoms with E-state index in [1.165, 1.54) is 6.07 Å². The van der Waals surface area contributed by atoms with Crippen LogP contribution in [-0.2, 0) is 0 Å². The summed E-state index contributed by atoms with van der Waals surface area (Å²) in [7, 11) is 0. The van der Waals surface area contributed by atoms with Crippen LogP contribution in [0.1, 0.15) is 0 Å². The molecular formula is C8H13ClN4O2. The predicted molar refractivity (Wildman–Crippen MR) is 57.8 cm³/mol. The molecule has 0 saturated heterocycles. The first kappa shape index (κ1) is 12.0. The van der Waals surface area contributed by atoms with E-state index in [1.807, 2.05) is 0 Å². The minimum absolute atomic E-state index is 0.0402. The van der Waals surface area contributed by atoms with Gasteiger partial charge in [0.1, 0.15) is 11.0 Å². The van der Waals surface area contributed by atoms with Gasteiger partial charge in [0, 0.05) is 19.2 Å². The molecule has 1 rings (SSSR count). The number of nitrogen functional groups attached to an aromatic ring is 1. The number of nitrogens with two attached hydrogens (primary N) is 1. The Kier molecular flexibility index (Phi) is 4.54. The second-order valence-corrected chi connectivity index (χ2v) is 3.23. The van der Waals surface area contributed by atoms with Crippen LogP contribution in [0.15, 0.2) is 6.07 Å². The molecule has 0 bridgehead atoms. The molecular weight excluding hydrogens is 220 g/mol. The van der Waals surface area contributed by atoms with Gasteiger partial charge in [-0.15, -0.1) is 0 Å². The van der Waals surface area contributed by atoms with Crippen molar-refractivity contribution in [1.29, 1.82) is 0 Å². The van der Waals surface area contributed by atoms with E-state index in [9.17, 15) is 0 Å². The smallest absolute Gasteiger partial charge is 0.223 e. The number of nitrogens with zero attached hydrogens (tertiary/aromatic N) is 3. The third-order valence-corrected chi connectivity index (χ3v) is 1.96. The van der Waals surface area contributed by atoms with Crippen LogP contribution in [0.2, 0.25) is 5.15 Å². The zero-order valence-corrected chi connectivity index (χ0v) is 8.85. The number of aromatic nitrogens is 2. The Balaban J connectivity index is 2.88. The van der Waals surface area contributed by atoms with Gasteiger partial charge in [-0.2, -0.15) is 4.98 Å². The Morgan fingerprint density at radius 1 is 1.27 bits per heavy atom. The van der Waals surface area contributed by atoms with E-state index in [-0.39, 0.29) is 24.3 Å². The molecule has 84 valence electrons. The molecule has 0 fully saturated rings. The molecule has 0 aliphatic rings. The first-order valence-corrected chi connectivity index (χ1v) is 4.82. The topological polar surface area (TPSA) is 95.5 Å². The van der Waals surface area contributed by atoms with E-state index in [0.29, 0.717) is 18.9 Å². The highest BCUT2D eigenvalue weighted by atomic mass is 35.5. The van der Waals surface area contributed by atoms with Gasteiger partial charge in [-0.25, -0.2) is 4.98 Å². The lowest BCUT2D eigenvalue weighted by molar-refractivity contribution is 0.280. The van der Waals surface area contributed by atoms with Crippen LogP contribution in [0, 0.1) is 0 Å². The summed E-state index contributed by atoms with van der Waals surface area (Å²) in [4.78, 5) is 9.35. The highest BCUT2D eigenvalue weighted by molar-refractivity contribution is 6.29. The molecule has 0 spiro atoms. The normalized spacial score (nSPS) is 10.3. The van der Waals surface area contributed by atoms with Gasteiger partial charge in [-0.05, 0) is 0 Å². The molecule has 0 unspecified atom stereocenters. The first-order valence-electron chi connectivity index (χ1n) is 4.44. The summed E-state index contributed by atoms with van der Waals surface area (Å²) in [5.41, 5.74) is 5.43. The number of rotatable bonds is 5. The summed E-state index contributed by atoms with van der Waals surface area (Å²) < 4.78 is 0. The van der Waals surface area contributed by atoms with E-state index < -0.39 is 0 Å². The first-order chi connectivity index (χ1) is 7.17. The fourth-order valence-electron chi connectivity index (χ4n) is 1.17. The molecule has 0 aliphatic heterocycles. The van der Waals surface area contributed by atoms with Crippen LogP contribution in [0.4, 0.5) is 11.8 Å². The van der Waals surface area contributed by atoms with Gasteiger partial charge in [0.05, 0.1) is 13.2 Å². The molecule has 1 aromatic heterocycles. The van der Waals surface area contributed by atoms with Gasteiger partial charge in [-0.1, -0.05) is 11.6 Å². The van der Waals surface area contributed by atoms with Crippen molar-refractivity contribution in [3.63, 3.8) is 0 Å². The molecule has 1 aromatic rings. The van der Waals surface area contributed by atoms with Crippen molar-refractivity contribution in [1.82, 2.24) is 9.97 Å². The van der Waals surface area contributed by atoms with E-state index in [0.717, 1.165) is 0 Å². The molecule has 0 saturated carbocycles. The number of hydrogen-bond acceptors (Lipinski definition) is 6. The van der Waals surface area contributed by atoms with Crippen LogP contribution >= 0.6 is 11.6 Å². The molecule has 0 aliphatic carbocycles. The third-order valence-electron chi connectivity index (χ3n) is 1.76. The van der Waals surface area contributed by atoms with Gasteiger partial charge in [0.2, 0.25) is 5.95 Å². The molecule has 0 atom stereocenters. The van der Waals surface area contributed by atoms with Crippen LogP contribution in [0.3, 0.4) is 0 Å². The number of aliphatic hydroxyl groups is 2. The average Bonchev–Trinajstić information content (AvgIpc) is 2.16. The zero-order chi connectivity index (χ0) is 11.3. The third kappa shape index (κ3) is 3.50. The lowest BCUT2D eigenvalue weighted by Gasteiger charge is -2.21. The van der Waals surface area contributed by atoms with Crippen LogP contribution in [0.25, 0.3) is 0 Å². The van der Waals surface area contributed by atoms with Crippen molar-refractivity contribution in [3.8, 4) is 0 Å². The quantitative estimate of drug-likeness (QED) is 0.593. The zero-order valence-electron chi connectivity index (χ0n) is 8.10. The fourth-order valence-corrected chi connectivity index (χ4v) is 1.35. The minimum atomic E-state index is -0.0402. The van der Waals surface area contributed by atoms with E-state index in [2.05, 4.69) is 9.97 Å². The molecule has 0 aromatic carbocycles. The number of aliphatic hydroxyl groups excluding tert-OH is 2. The number of halogens is 1. The molecule has 0 amide bonds. The maximum Gasteiger partial charge on any atom is 0.223 e. The summed E-state index contributed by atoms with van der Waals surface area (Å²) in [5.74, 6) is 0.564. The predicted octanol–water partition coefficient (Wildman–Crippen LogP) is -0.497. The standard InChI is InChI=1S/C8H13ClN4O2/c9-6-5-7(12-8(10)11-6)13(1-3-14)2-4-15/h5,14-15H,1-4H2,(H2,10,11,12). The summed E-state index contributed by atoms with van der Waals surface area (Å²) in [6.45, 7) is 0.629. The van der Waals surface area contributed by atoms with Gasteiger partial charge < -0.3 is 20.8 Å². The molecule has 4 N–H and O–H groups in total. The Hall–Kier alpha value is -1.11. The summed E-state index contributed by atoms with van der Waals surface area (Å²) in [5, 5.41) is 17.9. The highest BCUT2D eigenvalue weighted by Gasteiger charge is 2.09. The highest BCUT2D eigenvalue weighted by Crippen LogP contribution is 2.16. The number of anilines is 2. The summed E-state index contributed by atoms with van der Waals surface area (Å²) in [6, 6.07) is 1.53. The maximum absolute atomic E-state index is 8.83. The van der Waals surface area contributed by atoms with Crippen molar-refractivity contribution in [2.45, 2.75) is 0 Å². The number of hydrogen-bond donors (Lipinski definition) is 3.